The Morgan fingerprint density at radius 1 is 0.562 bits per heavy atom. The number of carbonyl (C=O) groups is 14. The first-order valence-electron chi connectivity index (χ1n) is 37.8. The topological polar surface area (TPSA) is 442 Å². The number of amides is 13. The highest BCUT2D eigenvalue weighted by atomic mass is 16.5. The molecule has 17 atom stereocenters. The molecule has 0 unspecified atom stereocenters. The molecule has 1 aromatic rings. The van der Waals surface area contributed by atoms with E-state index in [9.17, 15) is 62.6 Å². The molecule has 0 spiro atoms. The summed E-state index contributed by atoms with van der Waals surface area (Å²) in [5.41, 5.74) is 6.64. The van der Waals surface area contributed by atoms with Gasteiger partial charge in [0.25, 0.3) is 0 Å². The zero-order valence-electron chi connectivity index (χ0n) is 65.5. The Hall–Kier alpha value is -8.28. The van der Waals surface area contributed by atoms with Crippen molar-refractivity contribution in [3.8, 4) is 0 Å². The molecule has 2 heterocycles. The van der Waals surface area contributed by atoms with Crippen LogP contribution in [-0.2, 0) is 78.3 Å². The van der Waals surface area contributed by atoms with E-state index in [1.54, 1.807) is 134 Å². The van der Waals surface area contributed by atoms with E-state index in [-0.39, 0.29) is 63.9 Å². The van der Waals surface area contributed by atoms with Crippen molar-refractivity contribution in [1.82, 2.24) is 68.7 Å². The third-order valence-electron chi connectivity index (χ3n) is 19.5. The smallest absolute Gasteiger partial charge is 0.329 e. The maximum atomic E-state index is 15.1. The predicted molar refractivity (Wildman–Crippen MR) is 396 cm³/mol. The first kappa shape index (κ1) is 90.9. The minimum absolute atomic E-state index is 0.00824. The fourth-order valence-electron chi connectivity index (χ4n) is 12.3. The van der Waals surface area contributed by atoms with E-state index in [0.29, 0.717) is 30.7 Å². The van der Waals surface area contributed by atoms with E-state index in [2.05, 4.69) is 63.8 Å². The zero-order valence-corrected chi connectivity index (χ0v) is 65.5. The normalized spacial score (nSPS) is 22.9. The van der Waals surface area contributed by atoms with Crippen LogP contribution in [-0.4, -0.2) is 197 Å². The number of nitrogens with one attached hydrogen (secondary N) is 12. The summed E-state index contributed by atoms with van der Waals surface area (Å²) >= 11 is 0. The Balaban J connectivity index is 2.00. The van der Waals surface area contributed by atoms with Gasteiger partial charge in [-0.15, -0.1) is 0 Å². The molecule has 15 N–H and O–H groups in total. The lowest BCUT2D eigenvalue weighted by molar-refractivity contribution is -0.157. The summed E-state index contributed by atoms with van der Waals surface area (Å²) in [5.74, 6) is -14.8. The van der Waals surface area contributed by atoms with Crippen molar-refractivity contribution in [2.45, 2.75) is 293 Å². The number of aliphatic hydroxyl groups excluding tert-OH is 1. The van der Waals surface area contributed by atoms with Crippen LogP contribution in [0, 0.1) is 47.3 Å². The monoisotopic (exact) mass is 1480 g/mol. The van der Waals surface area contributed by atoms with E-state index in [0.717, 1.165) is 6.42 Å². The van der Waals surface area contributed by atoms with Crippen LogP contribution in [0.25, 0.3) is 0 Å². The lowest BCUT2D eigenvalue weighted by Gasteiger charge is -2.34. The van der Waals surface area contributed by atoms with Crippen LogP contribution in [0.2, 0.25) is 0 Å². The molecule has 0 saturated carbocycles. The number of cyclic esters (lactones) is 1. The number of likely N-dealkylation sites (tertiary alicyclic amines) is 1. The van der Waals surface area contributed by atoms with Crippen LogP contribution in [0.15, 0.2) is 30.3 Å². The van der Waals surface area contributed by atoms with Crippen LogP contribution in [0.1, 0.15) is 201 Å². The molecule has 592 valence electrons. The molecule has 2 aliphatic heterocycles. The number of hydrogen-bond acceptors (Lipinski definition) is 17. The molecule has 2 aliphatic rings. The minimum Gasteiger partial charge on any atom is -0.458 e. The van der Waals surface area contributed by atoms with Crippen molar-refractivity contribution in [3.05, 3.63) is 35.9 Å². The molecule has 1 aromatic carbocycles. The highest BCUT2D eigenvalue weighted by molar-refractivity contribution is 6.01. The highest BCUT2D eigenvalue weighted by Gasteiger charge is 2.45. The van der Waals surface area contributed by atoms with Crippen LogP contribution in [0.5, 0.6) is 0 Å². The van der Waals surface area contributed by atoms with Crippen molar-refractivity contribution in [2.75, 3.05) is 13.1 Å². The van der Waals surface area contributed by atoms with E-state index >= 15 is 9.59 Å². The number of aliphatic hydroxyl groups is 1. The summed E-state index contributed by atoms with van der Waals surface area (Å²) in [6.45, 7) is 32.0. The lowest BCUT2D eigenvalue weighted by Crippen LogP contribution is -2.64. The Kier molecular flexibility index (Phi) is 38.1. The summed E-state index contributed by atoms with van der Waals surface area (Å²) in [6, 6.07) is -8.70. The van der Waals surface area contributed by atoms with Gasteiger partial charge in [-0.25, -0.2) is 4.79 Å². The Labute approximate surface area is 620 Å². The molecule has 0 radical (unpaired) electrons. The number of hydrogen-bond donors (Lipinski definition) is 14. The number of carbonyl (C=O) groups excluding carboxylic acids is 14. The molecule has 0 bridgehead atoms. The van der Waals surface area contributed by atoms with Gasteiger partial charge in [0.05, 0.1) is 6.10 Å². The fourth-order valence-corrected chi connectivity index (χ4v) is 12.3. The van der Waals surface area contributed by atoms with Gasteiger partial charge in [0.2, 0.25) is 76.8 Å². The average molecular weight is 1480 g/mol. The molecular weight excluding hydrogens is 1350 g/mol. The summed E-state index contributed by atoms with van der Waals surface area (Å²) in [5, 5.41) is 43.4. The number of esters is 1. The van der Waals surface area contributed by atoms with E-state index in [1.807, 2.05) is 13.8 Å². The predicted octanol–water partition coefficient (Wildman–Crippen LogP) is 1.71. The highest BCUT2D eigenvalue weighted by Crippen LogP contribution is 2.23. The van der Waals surface area contributed by atoms with E-state index in [4.69, 9.17) is 10.5 Å². The van der Waals surface area contributed by atoms with Gasteiger partial charge in [0.15, 0.2) is 0 Å². The number of nitrogens with two attached hydrogens (primary N) is 1. The van der Waals surface area contributed by atoms with E-state index in [1.165, 1.54) is 18.7 Å². The van der Waals surface area contributed by atoms with Gasteiger partial charge >= 0.3 is 5.97 Å². The first-order chi connectivity index (χ1) is 49.2. The van der Waals surface area contributed by atoms with Crippen molar-refractivity contribution >= 4 is 82.8 Å². The fraction of sp³-hybridized carbons (Fsp3) is 0.733. The van der Waals surface area contributed by atoms with Gasteiger partial charge in [-0.1, -0.05) is 167 Å². The maximum Gasteiger partial charge on any atom is 0.329 e. The Morgan fingerprint density at radius 3 is 1.61 bits per heavy atom. The van der Waals surface area contributed by atoms with Crippen molar-refractivity contribution in [3.63, 3.8) is 0 Å². The van der Waals surface area contributed by atoms with Gasteiger partial charge in [0.1, 0.15) is 84.6 Å². The molecule has 3 rings (SSSR count). The average Bonchev–Trinajstić information content (AvgIpc) is 1.79. The molecule has 105 heavy (non-hydrogen) atoms. The molecule has 13 amide bonds. The summed E-state index contributed by atoms with van der Waals surface area (Å²) in [4.78, 5) is 202. The maximum absolute atomic E-state index is 15.1. The quantitative estimate of drug-likeness (QED) is 0.0437. The Morgan fingerprint density at radius 2 is 1.08 bits per heavy atom. The first-order valence-corrected chi connectivity index (χ1v) is 37.8. The summed E-state index contributed by atoms with van der Waals surface area (Å²) in [7, 11) is 0. The van der Waals surface area contributed by atoms with Gasteiger partial charge < -0.3 is 84.3 Å². The largest absolute Gasteiger partial charge is 0.458 e. The second kappa shape index (κ2) is 44.0. The second-order valence-electron chi connectivity index (χ2n) is 30.5. The van der Waals surface area contributed by atoms with Crippen LogP contribution >= 0.6 is 0 Å². The van der Waals surface area contributed by atoms with Crippen molar-refractivity contribution < 1.29 is 77.0 Å². The Bertz CT molecular complexity index is 3090. The molecule has 0 aliphatic carbocycles. The summed E-state index contributed by atoms with van der Waals surface area (Å²) < 4.78 is 5.98. The van der Waals surface area contributed by atoms with E-state index < -0.39 is 209 Å². The number of rotatable bonds is 34. The third kappa shape index (κ3) is 27.9. The zero-order chi connectivity index (χ0) is 79.4. The molecule has 30 nitrogen and oxygen atoms in total. The standard InChI is InChI=1S/C75H126N14O16/c1-20-44(16)59(71(100)88-62-47(19)105-75(104)58(43(14)15)84-63(92)49(22-3)77-65(94)51(37-48-30-24-23-25-31-48)79-67(96)55(40(8)9)81-70(99)60(45(17)21-2)86-73(62)102)85-64(93)50(32-27-35-76)78-66(95)52-33-28-36-89(52)74(103)57(42(12)13)83-69(98)56(41(10)11)82-72(101)61(46(18)90)87-68(97)54(39(6)7)80-53(91)34-26-29-38(4)5/h23-25,30-31,38-47,49-52,54-62,90H,20-22,26-29,32-37,76H2,1-19H3,(H,77,94)(H,78,95)(H,79,96)(H,80,91)(H,81,99)(H,82,101)(H,83,98)(H,84,92)(H,85,93)(H,86,102)(H,87,97)(H,88,100)/t44-,45-,46+,47+,49-,50-,51-,52+,54+,55+,56-,57+,58-,59+,60+,61-,62+/m0/s1. The third-order valence-corrected chi connectivity index (χ3v) is 19.5. The molecular formula is C75H126N14O16. The second-order valence-corrected chi connectivity index (χ2v) is 30.5. The molecule has 2 saturated heterocycles. The van der Waals surface area contributed by atoms with Gasteiger partial charge in [-0.3, -0.25) is 62.3 Å². The van der Waals surface area contributed by atoms with Gasteiger partial charge in [-0.2, -0.15) is 0 Å². The van der Waals surface area contributed by atoms with Gasteiger partial charge in [-0.05, 0) is 112 Å². The van der Waals surface area contributed by atoms with Crippen LogP contribution < -0.4 is 69.5 Å². The van der Waals surface area contributed by atoms with Gasteiger partial charge in [0, 0.05) is 19.4 Å². The molecule has 0 aromatic heterocycles. The number of nitrogens with zero attached hydrogens (tertiary/aromatic N) is 1. The van der Waals surface area contributed by atoms with Crippen LogP contribution in [0.4, 0.5) is 0 Å². The van der Waals surface area contributed by atoms with Crippen molar-refractivity contribution in [2.24, 2.45) is 53.1 Å². The SMILES string of the molecule is CC[C@@H]1NC(=O)[C@H](Cc2ccccc2)NC(=O)[C@@H](C(C)C)NC(=O)[C@@H]([C@@H](C)CC)NC(=O)[C@H](NC(=O)[C@H](NC(=O)[C@H](CCCN)NC(=O)[C@H]2CCCN2C(=O)[C@H](NC(=O)[C@@H](NC(=O)[C@@H](NC(=O)[C@H](NC(=O)CCCC(C)C)C(C)C)[C@@H](C)O)C(C)C)C(C)C)[C@@H](C)CC)[C@@H](C)OC(=O)[C@H](C(C)C)NC1=O. The number of benzene rings is 1. The van der Waals surface area contributed by atoms with Crippen molar-refractivity contribution in [1.29, 1.82) is 0 Å². The molecule has 2 fully saturated rings. The lowest BCUT2D eigenvalue weighted by atomic mass is 9.95. The number of ether oxygens (including phenoxy) is 1. The summed E-state index contributed by atoms with van der Waals surface area (Å²) in [6.07, 6.45) is -0.170. The molecule has 30 heteroatoms. The van der Waals surface area contributed by atoms with Crippen LogP contribution in [0.3, 0.4) is 0 Å². The minimum atomic E-state index is -1.82.